The zero-order chi connectivity index (χ0) is 25.3. The molecule has 4 atom stereocenters. The molecule has 3 aromatic rings. The van der Waals surface area contributed by atoms with Gasteiger partial charge in [-0.25, -0.2) is 16.8 Å². The van der Waals surface area contributed by atoms with Gasteiger partial charge in [-0.05, 0) is 49.6 Å². The SMILES string of the molecule is O=[N+]([O-])c1ccccc1[C@@H]1OC2C[C@@]23CC(S(=O)(=O)c2ccccc2)(S(=O)(=O)c2ccccc2)C[C@@H]13. The Bertz CT molecular complexity index is 1500. The maximum Gasteiger partial charge on any atom is 0.275 e. The maximum atomic E-state index is 14.3. The van der Waals surface area contributed by atoms with Crippen LogP contribution in [0.25, 0.3) is 0 Å². The van der Waals surface area contributed by atoms with E-state index in [4.69, 9.17) is 4.74 Å². The van der Waals surface area contributed by atoms with Crippen molar-refractivity contribution in [2.75, 3.05) is 0 Å². The van der Waals surface area contributed by atoms with Crippen LogP contribution in [0, 0.1) is 21.4 Å². The molecule has 2 aliphatic carbocycles. The lowest BCUT2D eigenvalue weighted by atomic mass is 9.85. The summed E-state index contributed by atoms with van der Waals surface area (Å²) in [6, 6.07) is 21.6. The Morgan fingerprint density at radius 2 is 1.31 bits per heavy atom. The smallest absolute Gasteiger partial charge is 0.275 e. The summed E-state index contributed by atoms with van der Waals surface area (Å²) < 4.78 is 61.1. The normalized spacial score (nSPS) is 28.3. The lowest BCUT2D eigenvalue weighted by Crippen LogP contribution is -2.45. The van der Waals surface area contributed by atoms with E-state index in [1.54, 1.807) is 54.6 Å². The Hall–Kier alpha value is -3.08. The monoisotopic (exact) mass is 525 g/mol. The molecule has 6 rings (SSSR count). The van der Waals surface area contributed by atoms with E-state index in [2.05, 4.69) is 0 Å². The molecule has 0 amide bonds. The standard InChI is InChI=1S/C26H23NO7S2/c28-27(29)22-14-8-7-13-20(22)24-21-15-26(17-25(21)16-23(25)34-24,35(30,31)18-9-3-1-4-10-18)36(32,33)19-11-5-2-6-12-19/h1-14,21,23-24H,15-17H2/t21-,23?,24-,25-/m0/s1. The molecule has 0 aromatic heterocycles. The largest absolute Gasteiger partial charge is 0.369 e. The number of nitro groups is 1. The molecule has 3 fully saturated rings. The highest BCUT2D eigenvalue weighted by molar-refractivity contribution is 8.10. The Kier molecular flexibility index (Phi) is 4.99. The molecule has 8 nitrogen and oxygen atoms in total. The number of hydrogen-bond donors (Lipinski definition) is 0. The van der Waals surface area contributed by atoms with Gasteiger partial charge in [0.15, 0.2) is 23.8 Å². The fourth-order valence-electron chi connectivity index (χ4n) is 6.34. The van der Waals surface area contributed by atoms with Gasteiger partial charge in [0.2, 0.25) is 0 Å². The highest BCUT2D eigenvalue weighted by Crippen LogP contribution is 2.76. The Morgan fingerprint density at radius 1 is 0.778 bits per heavy atom. The summed E-state index contributed by atoms with van der Waals surface area (Å²) in [5, 5.41) is 11.7. The topological polar surface area (TPSA) is 121 Å². The molecular weight excluding hydrogens is 502 g/mol. The van der Waals surface area contributed by atoms with Crippen LogP contribution in [0.5, 0.6) is 0 Å². The minimum atomic E-state index is -4.37. The molecule has 1 saturated heterocycles. The van der Waals surface area contributed by atoms with Crippen LogP contribution in [-0.4, -0.2) is 31.9 Å². The number of rotatable bonds is 6. The third kappa shape index (κ3) is 3.01. The average Bonchev–Trinajstić information content (AvgIpc) is 3.29. The van der Waals surface area contributed by atoms with Crippen LogP contribution in [0.2, 0.25) is 0 Å². The summed E-state index contributed by atoms with van der Waals surface area (Å²) in [6.45, 7) is 0. The number of benzene rings is 3. The van der Waals surface area contributed by atoms with Gasteiger partial charge in [-0.1, -0.05) is 48.5 Å². The van der Waals surface area contributed by atoms with Gasteiger partial charge in [0.05, 0.1) is 32.5 Å². The molecule has 3 aliphatic rings. The van der Waals surface area contributed by atoms with Gasteiger partial charge < -0.3 is 4.74 Å². The van der Waals surface area contributed by atoms with Crippen LogP contribution >= 0.6 is 0 Å². The molecule has 1 heterocycles. The number of sulfone groups is 2. The highest BCUT2D eigenvalue weighted by Gasteiger charge is 2.79. The summed E-state index contributed by atoms with van der Waals surface area (Å²) in [6.07, 6.45) is -0.879. The van der Waals surface area contributed by atoms with E-state index in [0.717, 1.165) is 0 Å². The second kappa shape index (κ2) is 7.71. The Balaban J connectivity index is 1.54. The van der Waals surface area contributed by atoms with E-state index < -0.39 is 46.1 Å². The molecule has 0 radical (unpaired) electrons. The molecule has 3 aromatic carbocycles. The van der Waals surface area contributed by atoms with Gasteiger partial charge in [0, 0.05) is 17.4 Å². The quantitative estimate of drug-likeness (QED) is 0.344. The molecule has 1 spiro atoms. The predicted octanol–water partition coefficient (Wildman–Crippen LogP) is 4.48. The van der Waals surface area contributed by atoms with Crippen molar-refractivity contribution in [3.05, 3.63) is 101 Å². The van der Waals surface area contributed by atoms with Crippen LogP contribution in [-0.2, 0) is 24.4 Å². The van der Waals surface area contributed by atoms with Crippen molar-refractivity contribution in [3.63, 3.8) is 0 Å². The lowest BCUT2D eigenvalue weighted by molar-refractivity contribution is -0.386. The third-order valence-electron chi connectivity index (χ3n) is 8.12. The van der Waals surface area contributed by atoms with Crippen LogP contribution in [0.1, 0.15) is 30.9 Å². The van der Waals surface area contributed by atoms with Gasteiger partial charge in [0.1, 0.15) is 0 Å². The van der Waals surface area contributed by atoms with Crippen LogP contribution < -0.4 is 0 Å². The maximum absolute atomic E-state index is 14.3. The lowest BCUT2D eigenvalue weighted by Gasteiger charge is -2.30. The van der Waals surface area contributed by atoms with Crippen molar-refractivity contribution in [3.8, 4) is 0 Å². The summed E-state index contributed by atoms with van der Waals surface area (Å²) in [4.78, 5) is 11.1. The van der Waals surface area contributed by atoms with Gasteiger partial charge in [0.25, 0.3) is 5.69 Å². The van der Waals surface area contributed by atoms with E-state index in [-0.39, 0.29) is 34.4 Å². The number of nitro benzene ring substituents is 1. The minimum Gasteiger partial charge on any atom is -0.369 e. The predicted molar refractivity (Wildman–Crippen MR) is 130 cm³/mol. The van der Waals surface area contributed by atoms with Crippen LogP contribution in [0.15, 0.2) is 94.7 Å². The number of nitrogens with zero attached hydrogens (tertiary/aromatic N) is 1. The van der Waals surface area contributed by atoms with Crippen LogP contribution in [0.3, 0.4) is 0 Å². The third-order valence-corrected chi connectivity index (χ3v) is 13.8. The molecule has 36 heavy (non-hydrogen) atoms. The summed E-state index contributed by atoms with van der Waals surface area (Å²) >= 11 is 0. The van der Waals surface area contributed by atoms with Gasteiger partial charge in [-0.2, -0.15) is 0 Å². The fourth-order valence-corrected chi connectivity index (χ4v) is 11.7. The highest BCUT2D eigenvalue weighted by atomic mass is 32.3. The Morgan fingerprint density at radius 3 is 1.86 bits per heavy atom. The van der Waals surface area contributed by atoms with E-state index in [9.17, 15) is 26.9 Å². The van der Waals surface area contributed by atoms with Crippen molar-refractivity contribution in [1.29, 1.82) is 0 Å². The van der Waals surface area contributed by atoms with Gasteiger partial charge in [-0.15, -0.1) is 0 Å². The first-order valence-electron chi connectivity index (χ1n) is 11.6. The molecule has 2 saturated carbocycles. The average molecular weight is 526 g/mol. The molecule has 1 unspecified atom stereocenters. The van der Waals surface area contributed by atoms with Crippen molar-refractivity contribution < 1.29 is 26.5 Å². The fraction of sp³-hybridized carbons (Fsp3) is 0.308. The van der Waals surface area contributed by atoms with Crippen molar-refractivity contribution in [2.45, 2.75) is 45.3 Å². The zero-order valence-electron chi connectivity index (χ0n) is 19.1. The Labute approximate surface area is 208 Å². The molecule has 1 aliphatic heterocycles. The van der Waals surface area contributed by atoms with E-state index in [1.807, 2.05) is 0 Å². The minimum absolute atomic E-state index is 0.0544. The van der Waals surface area contributed by atoms with E-state index in [0.29, 0.717) is 12.0 Å². The second-order valence-electron chi connectivity index (χ2n) is 9.83. The van der Waals surface area contributed by atoms with Crippen molar-refractivity contribution >= 4 is 25.4 Å². The number of para-hydroxylation sites is 1. The summed E-state index contributed by atoms with van der Waals surface area (Å²) in [5.74, 6) is -0.499. The van der Waals surface area contributed by atoms with Crippen LogP contribution in [0.4, 0.5) is 5.69 Å². The van der Waals surface area contributed by atoms with Gasteiger partial charge in [-0.3, -0.25) is 10.1 Å². The molecule has 0 N–H and O–H groups in total. The molecular formula is C26H23NO7S2. The first kappa shape index (κ1) is 23.3. The second-order valence-corrected chi connectivity index (χ2v) is 14.6. The summed E-state index contributed by atoms with van der Waals surface area (Å²) in [5.41, 5.74) is -0.435. The number of ether oxygens (including phenoxy) is 1. The zero-order valence-corrected chi connectivity index (χ0v) is 20.7. The van der Waals surface area contributed by atoms with Crippen molar-refractivity contribution in [1.82, 2.24) is 0 Å². The van der Waals surface area contributed by atoms with E-state index in [1.165, 1.54) is 30.3 Å². The van der Waals surface area contributed by atoms with E-state index >= 15 is 0 Å². The molecule has 186 valence electrons. The van der Waals surface area contributed by atoms with Crippen molar-refractivity contribution in [2.24, 2.45) is 11.3 Å². The molecule has 0 bridgehead atoms. The first-order chi connectivity index (χ1) is 17.1. The molecule has 10 heteroatoms. The summed E-state index contributed by atoms with van der Waals surface area (Å²) in [7, 11) is -8.74. The first-order valence-corrected chi connectivity index (χ1v) is 14.6. The van der Waals surface area contributed by atoms with Gasteiger partial charge >= 0.3 is 0 Å². The number of hydrogen-bond acceptors (Lipinski definition) is 7.